The van der Waals surface area contributed by atoms with Crippen LogP contribution in [0.25, 0.3) is 0 Å². The molecule has 0 saturated carbocycles. The second-order valence-electron chi connectivity index (χ2n) is 6.32. The van der Waals surface area contributed by atoms with Crippen molar-refractivity contribution in [3.63, 3.8) is 0 Å². The van der Waals surface area contributed by atoms with E-state index < -0.39 is 5.97 Å². The molecule has 0 spiro atoms. The summed E-state index contributed by atoms with van der Waals surface area (Å²) in [6, 6.07) is 7.69. The number of nitrogens with one attached hydrogen (secondary N) is 2. The first-order valence-electron chi connectivity index (χ1n) is 8.27. The van der Waals surface area contributed by atoms with Gasteiger partial charge in [0.25, 0.3) is 0 Å². The maximum atomic E-state index is 11.9. The van der Waals surface area contributed by atoms with Gasteiger partial charge in [0.1, 0.15) is 6.54 Å². The molecule has 1 aromatic rings. The molecule has 0 bridgehead atoms. The van der Waals surface area contributed by atoms with Crippen molar-refractivity contribution in [1.82, 2.24) is 15.5 Å². The molecule has 0 aliphatic carbocycles. The monoisotopic (exact) mass is 367 g/mol. The molecule has 2 heterocycles. The van der Waals surface area contributed by atoms with E-state index in [9.17, 15) is 9.59 Å². The van der Waals surface area contributed by atoms with E-state index in [4.69, 9.17) is 16.3 Å². The number of hydrogen-bond donors (Lipinski definition) is 2. The number of hydrogen-bond acceptors (Lipinski definition) is 5. The molecular weight excluding hydrogens is 346 g/mol. The minimum Gasteiger partial charge on any atom is -0.468 e. The van der Waals surface area contributed by atoms with Gasteiger partial charge in [0, 0.05) is 30.2 Å². The summed E-state index contributed by atoms with van der Waals surface area (Å²) in [5.41, 5.74) is 1.11. The van der Waals surface area contributed by atoms with E-state index in [2.05, 4.69) is 20.3 Å². The van der Waals surface area contributed by atoms with E-state index in [1.165, 1.54) is 7.11 Å². The number of ether oxygens (including phenoxy) is 2. The molecule has 0 radical (unpaired) electrons. The van der Waals surface area contributed by atoms with Gasteiger partial charge in [-0.05, 0) is 24.1 Å². The minimum atomic E-state index is -0.474. The van der Waals surface area contributed by atoms with Crippen molar-refractivity contribution in [3.8, 4) is 0 Å². The Balaban J connectivity index is 1.49. The molecule has 2 amide bonds. The van der Waals surface area contributed by atoms with Crippen molar-refractivity contribution in [2.75, 3.05) is 33.4 Å². The zero-order valence-electron chi connectivity index (χ0n) is 14.0. The normalized spacial score (nSPS) is 25.9. The number of benzene rings is 1. The third-order valence-electron chi connectivity index (χ3n) is 4.62. The predicted octanol–water partition coefficient (Wildman–Crippen LogP) is 1.33. The largest absolute Gasteiger partial charge is 0.468 e. The first-order valence-corrected chi connectivity index (χ1v) is 8.65. The number of halogens is 1. The smallest absolute Gasteiger partial charge is 0.325 e. The van der Waals surface area contributed by atoms with Gasteiger partial charge in [-0.1, -0.05) is 23.7 Å². The van der Waals surface area contributed by atoms with Gasteiger partial charge in [0.15, 0.2) is 0 Å². The highest BCUT2D eigenvalue weighted by Gasteiger charge is 2.38. The molecule has 8 heteroatoms. The summed E-state index contributed by atoms with van der Waals surface area (Å²) in [6.45, 7) is 2.05. The number of fused-ring (bicyclic) bond motifs is 1. The van der Waals surface area contributed by atoms with Crippen molar-refractivity contribution in [2.24, 2.45) is 0 Å². The Labute approximate surface area is 151 Å². The summed E-state index contributed by atoms with van der Waals surface area (Å²) < 4.78 is 10.5. The molecule has 3 rings (SSSR count). The maximum Gasteiger partial charge on any atom is 0.325 e. The molecule has 25 heavy (non-hydrogen) atoms. The number of urea groups is 1. The highest BCUT2D eigenvalue weighted by Crippen LogP contribution is 2.30. The highest BCUT2D eigenvalue weighted by molar-refractivity contribution is 6.30. The molecule has 2 aliphatic rings. The SMILES string of the molecule is COC(=O)CNC(=O)N[C@H]1C[C@H]2CO[C@@H](c3ccc(Cl)cc3)CN2C1. The highest BCUT2D eigenvalue weighted by atomic mass is 35.5. The lowest BCUT2D eigenvalue weighted by molar-refractivity contribution is -0.139. The molecule has 2 fully saturated rings. The lowest BCUT2D eigenvalue weighted by Gasteiger charge is -2.35. The maximum absolute atomic E-state index is 11.9. The lowest BCUT2D eigenvalue weighted by Crippen LogP contribution is -2.45. The summed E-state index contributed by atoms with van der Waals surface area (Å²) in [6.07, 6.45) is 0.847. The van der Waals surface area contributed by atoms with Crippen LogP contribution in [0, 0.1) is 0 Å². The number of methoxy groups -OCH3 is 1. The summed E-state index contributed by atoms with van der Waals surface area (Å²) >= 11 is 5.94. The Morgan fingerprint density at radius 2 is 2.08 bits per heavy atom. The Kier molecular flexibility index (Phi) is 5.78. The number of nitrogens with zero attached hydrogens (tertiary/aromatic N) is 1. The van der Waals surface area contributed by atoms with Gasteiger partial charge >= 0.3 is 12.0 Å². The Hall–Kier alpha value is -1.83. The fourth-order valence-electron chi connectivity index (χ4n) is 3.32. The average molecular weight is 368 g/mol. The minimum absolute atomic E-state index is 0.0143. The van der Waals surface area contributed by atoms with Crippen molar-refractivity contribution in [1.29, 1.82) is 0 Å². The van der Waals surface area contributed by atoms with Crippen molar-refractivity contribution < 1.29 is 19.1 Å². The lowest BCUT2D eigenvalue weighted by atomic mass is 10.1. The number of carbonyl (C=O) groups is 2. The molecule has 2 N–H and O–H groups in total. The predicted molar refractivity (Wildman–Crippen MR) is 92.5 cm³/mol. The zero-order chi connectivity index (χ0) is 17.8. The molecule has 2 aliphatic heterocycles. The molecule has 2 saturated heterocycles. The third kappa shape index (κ3) is 4.62. The Morgan fingerprint density at radius 3 is 2.80 bits per heavy atom. The van der Waals surface area contributed by atoms with Crippen LogP contribution in [0.5, 0.6) is 0 Å². The van der Waals surface area contributed by atoms with Gasteiger partial charge < -0.3 is 20.1 Å². The summed E-state index contributed by atoms with van der Waals surface area (Å²) in [4.78, 5) is 25.2. The number of amides is 2. The first kappa shape index (κ1) is 18.0. The van der Waals surface area contributed by atoms with Crippen molar-refractivity contribution in [2.45, 2.75) is 24.6 Å². The molecule has 3 atom stereocenters. The van der Waals surface area contributed by atoms with Crippen LogP contribution in [-0.2, 0) is 14.3 Å². The van der Waals surface area contributed by atoms with Gasteiger partial charge in [0.2, 0.25) is 0 Å². The molecular formula is C17H22ClN3O4. The second-order valence-corrected chi connectivity index (χ2v) is 6.75. The van der Waals surface area contributed by atoms with Crippen molar-refractivity contribution >= 4 is 23.6 Å². The summed E-state index contributed by atoms with van der Waals surface area (Å²) in [7, 11) is 1.29. The van der Waals surface area contributed by atoms with E-state index in [1.54, 1.807) is 0 Å². The second kappa shape index (κ2) is 8.03. The number of carbonyl (C=O) groups excluding carboxylic acids is 2. The van der Waals surface area contributed by atoms with Crippen molar-refractivity contribution in [3.05, 3.63) is 34.9 Å². The average Bonchev–Trinajstić information content (AvgIpc) is 3.01. The van der Waals surface area contributed by atoms with Crippen LogP contribution < -0.4 is 10.6 Å². The van der Waals surface area contributed by atoms with Crippen LogP contribution in [0.15, 0.2) is 24.3 Å². The van der Waals surface area contributed by atoms with Crippen LogP contribution in [0.3, 0.4) is 0 Å². The molecule has 7 nitrogen and oxygen atoms in total. The molecule has 1 aromatic carbocycles. The Bertz CT molecular complexity index is 625. The third-order valence-corrected chi connectivity index (χ3v) is 4.87. The van der Waals surface area contributed by atoms with Crippen LogP contribution >= 0.6 is 11.6 Å². The van der Waals surface area contributed by atoms with Gasteiger partial charge in [-0.2, -0.15) is 0 Å². The van der Waals surface area contributed by atoms with Crippen LogP contribution in [0.1, 0.15) is 18.1 Å². The first-order chi connectivity index (χ1) is 12.0. The Morgan fingerprint density at radius 1 is 1.32 bits per heavy atom. The number of esters is 1. The van der Waals surface area contributed by atoms with Gasteiger partial charge in [-0.15, -0.1) is 0 Å². The molecule has 0 unspecified atom stereocenters. The fourth-order valence-corrected chi connectivity index (χ4v) is 3.44. The van der Waals surface area contributed by atoms with E-state index in [0.717, 1.165) is 25.1 Å². The standard InChI is InChI=1S/C17H22ClN3O4/c1-24-16(22)7-19-17(23)20-13-6-14-10-25-15(9-21(14)8-13)11-2-4-12(18)5-3-11/h2-5,13-15H,6-10H2,1H3,(H2,19,20,23)/t13-,14-,15+/m0/s1. The number of morpholine rings is 1. The number of rotatable bonds is 4. The van der Waals surface area contributed by atoms with Crippen LogP contribution in [-0.4, -0.2) is 62.3 Å². The van der Waals surface area contributed by atoms with Gasteiger partial charge in [-0.3, -0.25) is 9.69 Å². The molecule has 136 valence electrons. The summed E-state index contributed by atoms with van der Waals surface area (Å²) in [5.74, 6) is -0.474. The van der Waals surface area contributed by atoms with Gasteiger partial charge in [0.05, 0.1) is 19.8 Å². The van der Waals surface area contributed by atoms with E-state index in [-0.39, 0.29) is 24.7 Å². The quantitative estimate of drug-likeness (QED) is 0.785. The topological polar surface area (TPSA) is 79.9 Å². The van der Waals surface area contributed by atoms with E-state index in [0.29, 0.717) is 17.7 Å². The molecule has 0 aromatic heterocycles. The van der Waals surface area contributed by atoms with Crippen LogP contribution in [0.4, 0.5) is 4.79 Å². The van der Waals surface area contributed by atoms with Gasteiger partial charge in [-0.25, -0.2) is 4.79 Å². The van der Waals surface area contributed by atoms with E-state index in [1.807, 2.05) is 24.3 Å². The fraction of sp³-hybridized carbons (Fsp3) is 0.529. The van der Waals surface area contributed by atoms with Crippen LogP contribution in [0.2, 0.25) is 5.02 Å². The van der Waals surface area contributed by atoms with E-state index >= 15 is 0 Å². The summed E-state index contributed by atoms with van der Waals surface area (Å²) in [5, 5.41) is 6.11. The zero-order valence-corrected chi connectivity index (χ0v) is 14.8.